The van der Waals surface area contributed by atoms with Gasteiger partial charge in [0.05, 0.1) is 7.11 Å². The maximum atomic E-state index is 6.87. The van der Waals surface area contributed by atoms with E-state index >= 15 is 0 Å². The first-order chi connectivity index (χ1) is 10.3. The SMILES string of the molecule is [C-]#[N+]Cc1ccc(OCC#Cc2ccccc2)c(OC)c1. The smallest absolute Gasteiger partial charge is 0.239 e. The highest BCUT2D eigenvalue weighted by atomic mass is 16.5. The van der Waals surface area contributed by atoms with Gasteiger partial charge in [0.2, 0.25) is 6.54 Å². The number of ether oxygens (including phenoxy) is 2. The molecule has 2 rings (SSSR count). The Bertz CT molecular complexity index is 691. The van der Waals surface area contributed by atoms with Crippen molar-refractivity contribution in [3.63, 3.8) is 0 Å². The summed E-state index contributed by atoms with van der Waals surface area (Å²) in [6, 6.07) is 15.2. The summed E-state index contributed by atoms with van der Waals surface area (Å²) in [6.07, 6.45) is 0. The molecule has 0 unspecified atom stereocenters. The maximum absolute atomic E-state index is 6.87. The van der Waals surface area contributed by atoms with Crippen LogP contribution >= 0.6 is 0 Å². The highest BCUT2D eigenvalue weighted by Gasteiger charge is 2.06. The van der Waals surface area contributed by atoms with Crippen molar-refractivity contribution in [1.82, 2.24) is 0 Å². The molecule has 21 heavy (non-hydrogen) atoms. The van der Waals surface area contributed by atoms with Crippen LogP contribution in [0.1, 0.15) is 11.1 Å². The van der Waals surface area contributed by atoms with Gasteiger partial charge in [0.15, 0.2) is 11.5 Å². The third-order valence-corrected chi connectivity index (χ3v) is 2.80. The van der Waals surface area contributed by atoms with Gasteiger partial charge in [-0.05, 0) is 30.3 Å². The second-order valence-corrected chi connectivity index (χ2v) is 4.26. The van der Waals surface area contributed by atoms with Crippen molar-refractivity contribution < 1.29 is 9.47 Å². The molecule has 0 saturated carbocycles. The van der Waals surface area contributed by atoms with Gasteiger partial charge in [-0.25, -0.2) is 6.57 Å². The standard InChI is InChI=1S/C18H15NO2/c1-19-14-16-10-11-17(18(13-16)20-2)21-12-6-9-15-7-4-3-5-8-15/h3-5,7-8,10-11,13H,12,14H2,2H3. The molecule has 0 aromatic heterocycles. The first-order valence-electron chi connectivity index (χ1n) is 6.50. The first kappa shape index (κ1) is 14.5. The van der Waals surface area contributed by atoms with Gasteiger partial charge in [-0.1, -0.05) is 30.0 Å². The molecule has 0 spiro atoms. The molecule has 104 valence electrons. The van der Waals surface area contributed by atoms with Crippen molar-refractivity contribution in [3.8, 4) is 23.3 Å². The average molecular weight is 277 g/mol. The average Bonchev–Trinajstić information content (AvgIpc) is 2.53. The minimum Gasteiger partial charge on any atom is -0.493 e. The van der Waals surface area contributed by atoms with E-state index in [1.807, 2.05) is 48.5 Å². The summed E-state index contributed by atoms with van der Waals surface area (Å²) in [7, 11) is 1.58. The number of methoxy groups -OCH3 is 1. The summed E-state index contributed by atoms with van der Waals surface area (Å²) >= 11 is 0. The van der Waals surface area contributed by atoms with Gasteiger partial charge in [-0.3, -0.25) is 0 Å². The highest BCUT2D eigenvalue weighted by Crippen LogP contribution is 2.28. The lowest BCUT2D eigenvalue weighted by atomic mass is 10.2. The molecule has 0 fully saturated rings. The van der Waals surface area contributed by atoms with Crippen LogP contribution in [-0.2, 0) is 6.54 Å². The van der Waals surface area contributed by atoms with Crippen molar-refractivity contribution in [2.45, 2.75) is 6.54 Å². The Hall–Kier alpha value is -2.91. The molecule has 0 heterocycles. The van der Waals surface area contributed by atoms with Crippen LogP contribution in [0.2, 0.25) is 0 Å². The van der Waals surface area contributed by atoms with E-state index in [2.05, 4.69) is 16.7 Å². The predicted octanol–water partition coefficient (Wildman–Crippen LogP) is 3.54. The Morgan fingerprint density at radius 2 is 1.90 bits per heavy atom. The van der Waals surface area contributed by atoms with E-state index in [1.165, 1.54) is 0 Å². The quantitative estimate of drug-likeness (QED) is 0.630. The van der Waals surface area contributed by atoms with Crippen molar-refractivity contribution in [2.24, 2.45) is 0 Å². The van der Waals surface area contributed by atoms with Crippen LogP contribution in [0.4, 0.5) is 0 Å². The molecule has 0 aliphatic carbocycles. The van der Waals surface area contributed by atoms with Crippen molar-refractivity contribution in [1.29, 1.82) is 0 Å². The Labute approximate surface area is 125 Å². The van der Waals surface area contributed by atoms with E-state index in [0.29, 0.717) is 18.0 Å². The lowest BCUT2D eigenvalue weighted by Gasteiger charge is -2.08. The minimum absolute atomic E-state index is 0.285. The second kappa shape index (κ2) is 7.62. The van der Waals surface area contributed by atoms with Crippen LogP contribution in [0.5, 0.6) is 11.5 Å². The summed E-state index contributed by atoms with van der Waals surface area (Å²) in [5.41, 5.74) is 1.87. The van der Waals surface area contributed by atoms with Gasteiger partial charge >= 0.3 is 0 Å². The lowest BCUT2D eigenvalue weighted by Crippen LogP contribution is -1.97. The topological polar surface area (TPSA) is 22.8 Å². The molecular weight excluding hydrogens is 262 g/mol. The lowest BCUT2D eigenvalue weighted by molar-refractivity contribution is 0.330. The summed E-state index contributed by atoms with van der Waals surface area (Å²) in [4.78, 5) is 3.35. The molecule has 0 atom stereocenters. The molecule has 2 aromatic rings. The summed E-state index contributed by atoms with van der Waals surface area (Å²) in [5.74, 6) is 7.25. The molecule has 0 radical (unpaired) electrons. The van der Waals surface area contributed by atoms with Crippen LogP contribution in [0.25, 0.3) is 4.85 Å². The molecule has 0 N–H and O–H groups in total. The zero-order valence-corrected chi connectivity index (χ0v) is 11.8. The predicted molar refractivity (Wildman–Crippen MR) is 82.1 cm³/mol. The number of nitrogens with zero attached hydrogens (tertiary/aromatic N) is 1. The van der Waals surface area contributed by atoms with Crippen molar-refractivity contribution in [3.05, 3.63) is 71.1 Å². The van der Waals surface area contributed by atoms with Gasteiger partial charge in [0, 0.05) is 11.1 Å². The van der Waals surface area contributed by atoms with Gasteiger partial charge in [-0.15, -0.1) is 0 Å². The van der Waals surface area contributed by atoms with Crippen molar-refractivity contribution >= 4 is 0 Å². The Morgan fingerprint density at radius 1 is 1.10 bits per heavy atom. The number of hydrogen-bond acceptors (Lipinski definition) is 2. The summed E-state index contributed by atoms with van der Waals surface area (Å²) in [6.45, 7) is 7.50. The number of benzene rings is 2. The van der Waals surface area contributed by atoms with E-state index in [1.54, 1.807) is 7.11 Å². The van der Waals surface area contributed by atoms with E-state index < -0.39 is 0 Å². The van der Waals surface area contributed by atoms with Crippen LogP contribution in [0.3, 0.4) is 0 Å². The maximum Gasteiger partial charge on any atom is 0.239 e. The monoisotopic (exact) mass is 277 g/mol. The van der Waals surface area contributed by atoms with Gasteiger partial charge in [-0.2, -0.15) is 0 Å². The third-order valence-electron chi connectivity index (χ3n) is 2.80. The molecule has 0 amide bonds. The third kappa shape index (κ3) is 4.30. The molecule has 0 aliphatic rings. The zero-order valence-electron chi connectivity index (χ0n) is 11.8. The van der Waals surface area contributed by atoms with Crippen molar-refractivity contribution in [2.75, 3.05) is 13.7 Å². The zero-order chi connectivity index (χ0) is 14.9. The summed E-state index contributed by atoms with van der Waals surface area (Å²) < 4.78 is 10.9. The van der Waals surface area contributed by atoms with Crippen LogP contribution in [-0.4, -0.2) is 13.7 Å². The van der Waals surface area contributed by atoms with Gasteiger partial charge in [0.1, 0.15) is 6.61 Å². The molecule has 0 bridgehead atoms. The van der Waals surface area contributed by atoms with E-state index in [-0.39, 0.29) is 6.61 Å². The molecule has 3 nitrogen and oxygen atoms in total. The first-order valence-corrected chi connectivity index (χ1v) is 6.50. The van der Waals surface area contributed by atoms with Crippen LogP contribution < -0.4 is 9.47 Å². The fourth-order valence-electron chi connectivity index (χ4n) is 1.79. The molecule has 0 saturated heterocycles. The minimum atomic E-state index is 0.285. The molecule has 3 heteroatoms. The normalized spacial score (nSPS) is 9.14. The van der Waals surface area contributed by atoms with Gasteiger partial charge in [0.25, 0.3) is 0 Å². The van der Waals surface area contributed by atoms with Crippen LogP contribution in [0, 0.1) is 18.4 Å². The number of rotatable bonds is 4. The molecule has 0 aliphatic heterocycles. The van der Waals surface area contributed by atoms with Gasteiger partial charge < -0.3 is 14.3 Å². The van der Waals surface area contributed by atoms with E-state index in [4.69, 9.17) is 16.0 Å². The fraction of sp³-hybridized carbons (Fsp3) is 0.167. The summed E-state index contributed by atoms with van der Waals surface area (Å²) in [5, 5.41) is 0. The Kier molecular flexibility index (Phi) is 5.26. The van der Waals surface area contributed by atoms with Crippen LogP contribution in [0.15, 0.2) is 48.5 Å². The molecule has 2 aromatic carbocycles. The Morgan fingerprint density at radius 3 is 2.62 bits per heavy atom. The van der Waals surface area contributed by atoms with E-state index in [9.17, 15) is 0 Å². The second-order valence-electron chi connectivity index (χ2n) is 4.26. The van der Waals surface area contributed by atoms with E-state index in [0.717, 1.165) is 11.1 Å². The Balaban J connectivity index is 2.00. The highest BCUT2D eigenvalue weighted by molar-refractivity contribution is 5.43. The number of hydrogen-bond donors (Lipinski definition) is 0. The molecular formula is C18H15NO2. The fourth-order valence-corrected chi connectivity index (χ4v) is 1.79. The largest absolute Gasteiger partial charge is 0.493 e.